The fourth-order valence-corrected chi connectivity index (χ4v) is 4.68. The Morgan fingerprint density at radius 2 is 1.86 bits per heavy atom. The van der Waals surface area contributed by atoms with Crippen molar-refractivity contribution in [3.05, 3.63) is 54.2 Å². The minimum atomic E-state index is 0.652. The van der Waals surface area contributed by atoms with Crippen molar-refractivity contribution in [1.82, 2.24) is 9.88 Å². The lowest BCUT2D eigenvalue weighted by atomic mass is 10.0. The minimum Gasteiger partial charge on any atom is -0.293 e. The molecule has 2 fully saturated rings. The van der Waals surface area contributed by atoms with Gasteiger partial charge in [0.25, 0.3) is 0 Å². The Morgan fingerprint density at radius 3 is 2.68 bits per heavy atom. The van der Waals surface area contributed by atoms with Crippen molar-refractivity contribution >= 4 is 11.8 Å². The van der Waals surface area contributed by atoms with Crippen LogP contribution in [-0.2, 0) is 0 Å². The molecule has 22 heavy (non-hydrogen) atoms. The van der Waals surface area contributed by atoms with Crippen LogP contribution in [-0.4, -0.2) is 22.5 Å². The Bertz CT molecular complexity index is 611. The monoisotopic (exact) mass is 310 g/mol. The summed E-state index contributed by atoms with van der Waals surface area (Å²) in [6, 6.07) is 16.7. The average molecular weight is 310 g/mol. The van der Waals surface area contributed by atoms with Crippen LogP contribution in [0.5, 0.6) is 0 Å². The van der Waals surface area contributed by atoms with Crippen molar-refractivity contribution in [2.24, 2.45) is 0 Å². The third kappa shape index (κ3) is 2.92. The van der Waals surface area contributed by atoms with E-state index in [9.17, 15) is 0 Å². The molecule has 3 heterocycles. The van der Waals surface area contributed by atoms with E-state index in [1.165, 1.54) is 49.1 Å². The normalized spacial score (nSPS) is 25.1. The smallest absolute Gasteiger partial charge is 0.101 e. The molecule has 2 saturated heterocycles. The maximum Gasteiger partial charge on any atom is 0.101 e. The topological polar surface area (TPSA) is 16.1 Å². The van der Waals surface area contributed by atoms with Gasteiger partial charge in [-0.3, -0.25) is 4.90 Å². The predicted molar refractivity (Wildman–Crippen MR) is 91.1 cm³/mol. The van der Waals surface area contributed by atoms with Crippen LogP contribution in [0.2, 0.25) is 0 Å². The first kappa shape index (κ1) is 14.3. The van der Waals surface area contributed by atoms with Gasteiger partial charge in [-0.15, -0.1) is 0 Å². The lowest BCUT2D eigenvalue weighted by molar-refractivity contribution is 0.150. The van der Waals surface area contributed by atoms with Crippen LogP contribution in [0.25, 0.3) is 0 Å². The van der Waals surface area contributed by atoms with Crippen LogP contribution in [0.1, 0.15) is 43.7 Å². The van der Waals surface area contributed by atoms with E-state index in [4.69, 9.17) is 0 Å². The van der Waals surface area contributed by atoms with Crippen LogP contribution in [0.3, 0.4) is 0 Å². The lowest BCUT2D eigenvalue weighted by Crippen LogP contribution is -2.35. The van der Waals surface area contributed by atoms with Gasteiger partial charge in [0.15, 0.2) is 0 Å². The summed E-state index contributed by atoms with van der Waals surface area (Å²) in [5.74, 6) is 0. The van der Waals surface area contributed by atoms with Gasteiger partial charge in [-0.25, -0.2) is 4.98 Å². The molecule has 0 N–H and O–H groups in total. The van der Waals surface area contributed by atoms with Gasteiger partial charge in [-0.05, 0) is 62.1 Å². The van der Waals surface area contributed by atoms with Crippen LogP contribution in [0.4, 0.5) is 0 Å². The van der Waals surface area contributed by atoms with E-state index in [0.29, 0.717) is 6.04 Å². The summed E-state index contributed by atoms with van der Waals surface area (Å²) >= 11 is 1.74. The van der Waals surface area contributed by atoms with Gasteiger partial charge in [0.05, 0.1) is 0 Å². The first-order valence-electron chi connectivity index (χ1n) is 8.35. The number of rotatable bonds is 3. The second-order valence-corrected chi connectivity index (χ2v) is 7.41. The quantitative estimate of drug-likeness (QED) is 0.800. The third-order valence-electron chi connectivity index (χ3n) is 4.97. The maximum atomic E-state index is 4.38. The lowest BCUT2D eigenvalue weighted by Gasteiger charge is -2.34. The summed E-state index contributed by atoms with van der Waals surface area (Å²) in [5.41, 5.74) is 1.50. The molecule has 2 aliphatic rings. The molecular formula is C19H22N2S. The summed E-state index contributed by atoms with van der Waals surface area (Å²) in [6.07, 6.45) is 8.77. The first-order valence-corrected chi connectivity index (χ1v) is 9.16. The molecule has 0 bridgehead atoms. The molecule has 1 aromatic heterocycles. The molecule has 1 aromatic carbocycles. The molecule has 0 aliphatic carbocycles. The number of pyridine rings is 1. The van der Waals surface area contributed by atoms with E-state index < -0.39 is 0 Å². The Kier molecular flexibility index (Phi) is 4.17. The molecule has 114 valence electrons. The number of fused-ring (bicyclic) bond motifs is 1. The standard InChI is InChI=1S/C19H22N2S/c1-3-13-20-19(6-1)22-17-10-7-15(8-11-17)18-12-9-16-5-2-4-14-21(16)18/h1,3,6-8,10-11,13,16,18H,2,4-5,9,12,14H2. The summed E-state index contributed by atoms with van der Waals surface area (Å²) < 4.78 is 0. The first-order chi connectivity index (χ1) is 10.9. The minimum absolute atomic E-state index is 0.652. The SMILES string of the molecule is c1ccc(Sc2ccc(C3CCC4CCCCN43)cc2)nc1. The molecule has 2 atom stereocenters. The van der Waals surface area contributed by atoms with E-state index in [0.717, 1.165) is 11.1 Å². The van der Waals surface area contributed by atoms with Gasteiger partial charge >= 0.3 is 0 Å². The number of piperidine rings is 1. The van der Waals surface area contributed by atoms with E-state index in [2.05, 4.69) is 40.2 Å². The fourth-order valence-electron chi connectivity index (χ4n) is 3.90. The molecule has 2 aromatic rings. The van der Waals surface area contributed by atoms with E-state index in [1.807, 2.05) is 18.3 Å². The van der Waals surface area contributed by atoms with E-state index >= 15 is 0 Å². The number of hydrogen-bond acceptors (Lipinski definition) is 3. The highest BCUT2D eigenvalue weighted by atomic mass is 32.2. The molecule has 2 unspecified atom stereocenters. The van der Waals surface area contributed by atoms with Crippen molar-refractivity contribution in [2.45, 2.75) is 54.1 Å². The van der Waals surface area contributed by atoms with Crippen LogP contribution in [0.15, 0.2) is 58.6 Å². The molecule has 0 radical (unpaired) electrons. The van der Waals surface area contributed by atoms with Gasteiger partial charge in [0, 0.05) is 23.2 Å². The van der Waals surface area contributed by atoms with Gasteiger partial charge in [-0.1, -0.05) is 36.4 Å². The van der Waals surface area contributed by atoms with Crippen molar-refractivity contribution in [3.63, 3.8) is 0 Å². The molecule has 2 nitrogen and oxygen atoms in total. The molecular weight excluding hydrogens is 288 g/mol. The number of nitrogens with zero attached hydrogens (tertiary/aromatic N) is 2. The fraction of sp³-hybridized carbons (Fsp3) is 0.421. The summed E-state index contributed by atoms with van der Waals surface area (Å²) in [5, 5.41) is 1.06. The van der Waals surface area contributed by atoms with Gasteiger partial charge in [-0.2, -0.15) is 0 Å². The number of aromatic nitrogens is 1. The average Bonchev–Trinajstić information content (AvgIpc) is 3.01. The summed E-state index contributed by atoms with van der Waals surface area (Å²) in [4.78, 5) is 8.41. The highest BCUT2D eigenvalue weighted by Crippen LogP contribution is 2.40. The van der Waals surface area contributed by atoms with Crippen molar-refractivity contribution in [1.29, 1.82) is 0 Å². The maximum absolute atomic E-state index is 4.38. The van der Waals surface area contributed by atoms with Crippen molar-refractivity contribution < 1.29 is 0 Å². The largest absolute Gasteiger partial charge is 0.293 e. The molecule has 0 saturated carbocycles. The molecule has 0 spiro atoms. The summed E-state index contributed by atoms with van der Waals surface area (Å²) in [7, 11) is 0. The Hall–Kier alpha value is -1.32. The molecule has 0 amide bonds. The number of benzene rings is 1. The molecule has 2 aliphatic heterocycles. The van der Waals surface area contributed by atoms with Gasteiger partial charge < -0.3 is 0 Å². The summed E-state index contributed by atoms with van der Waals surface area (Å²) in [6.45, 7) is 1.29. The van der Waals surface area contributed by atoms with Crippen LogP contribution in [0, 0.1) is 0 Å². The van der Waals surface area contributed by atoms with Crippen molar-refractivity contribution in [2.75, 3.05) is 6.54 Å². The zero-order valence-corrected chi connectivity index (χ0v) is 13.6. The predicted octanol–water partition coefficient (Wildman–Crippen LogP) is 4.92. The van der Waals surface area contributed by atoms with Crippen molar-refractivity contribution in [3.8, 4) is 0 Å². The molecule has 4 rings (SSSR count). The number of hydrogen-bond donors (Lipinski definition) is 0. The second-order valence-electron chi connectivity index (χ2n) is 6.32. The van der Waals surface area contributed by atoms with E-state index in [1.54, 1.807) is 11.8 Å². The van der Waals surface area contributed by atoms with Gasteiger partial charge in [0.2, 0.25) is 0 Å². The highest BCUT2D eigenvalue weighted by Gasteiger charge is 2.35. The zero-order valence-electron chi connectivity index (χ0n) is 12.8. The van der Waals surface area contributed by atoms with Gasteiger partial charge in [0.1, 0.15) is 5.03 Å². The zero-order chi connectivity index (χ0) is 14.8. The Morgan fingerprint density at radius 1 is 0.955 bits per heavy atom. The second kappa shape index (κ2) is 6.43. The third-order valence-corrected chi connectivity index (χ3v) is 5.93. The van der Waals surface area contributed by atoms with E-state index in [-0.39, 0.29) is 0 Å². The van der Waals surface area contributed by atoms with Crippen LogP contribution >= 0.6 is 11.8 Å². The highest BCUT2D eigenvalue weighted by molar-refractivity contribution is 7.99. The molecule has 3 heteroatoms. The Labute approximate surface area is 136 Å². The Balaban J connectivity index is 1.48. The van der Waals surface area contributed by atoms with Crippen LogP contribution < -0.4 is 0 Å².